The summed E-state index contributed by atoms with van der Waals surface area (Å²) in [6, 6.07) is 11.9. The van der Waals surface area contributed by atoms with Crippen LogP contribution in [0, 0.1) is 0 Å². The van der Waals surface area contributed by atoms with E-state index in [1.54, 1.807) is 18.2 Å². The van der Waals surface area contributed by atoms with E-state index in [1.165, 1.54) is 36.6 Å². The Morgan fingerprint density at radius 2 is 1.54 bits per heavy atom. The van der Waals surface area contributed by atoms with Gasteiger partial charge in [-0.25, -0.2) is 21.0 Å². The van der Waals surface area contributed by atoms with E-state index in [-0.39, 0.29) is 22.0 Å². The van der Waals surface area contributed by atoms with Crippen LogP contribution in [-0.2, 0) is 31.0 Å². The van der Waals surface area contributed by atoms with Crippen molar-refractivity contribution in [1.29, 1.82) is 0 Å². The fraction of sp³-hybridized carbons (Fsp3) is 0.143. The number of benzene rings is 2. The van der Waals surface area contributed by atoms with Crippen molar-refractivity contribution in [2.45, 2.75) is 4.90 Å². The van der Waals surface area contributed by atoms with Gasteiger partial charge in [0.25, 0.3) is 10.0 Å². The molecule has 0 aliphatic rings. The molecule has 0 aliphatic heterocycles. The van der Waals surface area contributed by atoms with Crippen LogP contribution in [0.1, 0.15) is 0 Å². The quantitative estimate of drug-likeness (QED) is 0.474. The predicted octanol–water partition coefficient (Wildman–Crippen LogP) is 1.07. The van der Waals surface area contributed by atoms with Gasteiger partial charge in [0, 0.05) is 6.26 Å². The zero-order chi connectivity index (χ0) is 19.4. The van der Waals surface area contributed by atoms with Gasteiger partial charge >= 0.3 is 0 Å². The van der Waals surface area contributed by atoms with Crippen LogP contribution in [0.5, 0.6) is 0 Å². The molecule has 0 spiro atoms. The lowest BCUT2D eigenvalue weighted by molar-refractivity contribution is 0.600. The summed E-state index contributed by atoms with van der Waals surface area (Å²) in [5.74, 6) is 0. The second-order valence-corrected chi connectivity index (χ2v) is 9.78. The van der Waals surface area contributed by atoms with Crippen molar-refractivity contribution in [1.82, 2.24) is 4.83 Å². The summed E-state index contributed by atoms with van der Waals surface area (Å²) >= 11 is 0. The number of hydrazine groups is 1. The van der Waals surface area contributed by atoms with E-state index in [0.717, 1.165) is 6.26 Å². The number of anilines is 3. The molecule has 1 atom stereocenters. The fourth-order valence-electron chi connectivity index (χ4n) is 1.94. The van der Waals surface area contributed by atoms with Gasteiger partial charge in [0.05, 0.1) is 28.2 Å². The maximum Gasteiger partial charge on any atom is 0.261 e. The van der Waals surface area contributed by atoms with Gasteiger partial charge in [0.1, 0.15) is 11.0 Å². The summed E-state index contributed by atoms with van der Waals surface area (Å²) in [6.07, 6.45) is 2.35. The summed E-state index contributed by atoms with van der Waals surface area (Å²) in [4.78, 5) is 2.50. The molecule has 0 saturated heterocycles. The first-order valence-electron chi connectivity index (χ1n) is 7.12. The van der Waals surface area contributed by atoms with Gasteiger partial charge in [-0.3, -0.25) is 9.44 Å². The summed E-state index contributed by atoms with van der Waals surface area (Å²) in [6.45, 7) is 0. The van der Waals surface area contributed by atoms with Crippen molar-refractivity contribution in [3.63, 3.8) is 0 Å². The van der Waals surface area contributed by atoms with Crippen LogP contribution in [0.25, 0.3) is 0 Å². The third-order valence-corrected chi connectivity index (χ3v) is 5.33. The lowest BCUT2D eigenvalue weighted by Gasteiger charge is -2.15. The molecular formula is C14H18N4O5S3. The summed E-state index contributed by atoms with van der Waals surface area (Å²) in [5, 5.41) is 0. The third-order valence-electron chi connectivity index (χ3n) is 2.95. The Labute approximate surface area is 154 Å². The topological polar surface area (TPSA) is 133 Å². The van der Waals surface area contributed by atoms with E-state index in [2.05, 4.69) is 19.7 Å². The number of rotatable bonds is 8. The Kier molecular flexibility index (Phi) is 6.23. The van der Waals surface area contributed by atoms with Crippen LogP contribution in [-0.4, -0.2) is 33.6 Å². The molecule has 12 heteroatoms. The van der Waals surface area contributed by atoms with Gasteiger partial charge < -0.3 is 5.43 Å². The highest BCUT2D eigenvalue weighted by molar-refractivity contribution is 7.92. The van der Waals surface area contributed by atoms with E-state index in [0.29, 0.717) is 0 Å². The van der Waals surface area contributed by atoms with Crippen molar-refractivity contribution < 1.29 is 21.0 Å². The van der Waals surface area contributed by atoms with Gasteiger partial charge in [-0.15, -0.1) is 0 Å². The Morgan fingerprint density at radius 3 is 2.12 bits per heavy atom. The summed E-state index contributed by atoms with van der Waals surface area (Å²) in [5.41, 5.74) is 3.14. The minimum absolute atomic E-state index is 0.0839. The van der Waals surface area contributed by atoms with Crippen LogP contribution < -0.4 is 19.7 Å². The maximum absolute atomic E-state index is 12.4. The summed E-state index contributed by atoms with van der Waals surface area (Å²) in [7, 11) is -8.80. The van der Waals surface area contributed by atoms with Crippen LogP contribution in [0.3, 0.4) is 0 Å². The second kappa shape index (κ2) is 8.03. The average molecular weight is 419 g/mol. The second-order valence-electron chi connectivity index (χ2n) is 5.23. The van der Waals surface area contributed by atoms with Gasteiger partial charge in [-0.2, -0.15) is 4.83 Å². The zero-order valence-electron chi connectivity index (χ0n) is 13.9. The highest BCUT2D eigenvalue weighted by Gasteiger charge is 2.15. The molecule has 0 aromatic heterocycles. The molecule has 0 bridgehead atoms. The predicted molar refractivity (Wildman–Crippen MR) is 103 cm³/mol. The SMILES string of the molecule is CS(=O)NNc1cc(NS(=O)(=O)c2ccccc2)ccc1NS(C)(=O)=O. The van der Waals surface area contributed by atoms with E-state index in [9.17, 15) is 21.0 Å². The number of nitrogens with one attached hydrogen (secondary N) is 4. The molecule has 0 aliphatic carbocycles. The molecule has 2 aromatic rings. The number of sulfonamides is 2. The van der Waals surface area contributed by atoms with Crippen LogP contribution >= 0.6 is 0 Å². The van der Waals surface area contributed by atoms with E-state index < -0.39 is 31.0 Å². The van der Waals surface area contributed by atoms with Crippen molar-refractivity contribution in [3.8, 4) is 0 Å². The third kappa shape index (κ3) is 5.98. The van der Waals surface area contributed by atoms with Crippen LogP contribution in [0.15, 0.2) is 53.4 Å². The van der Waals surface area contributed by atoms with Crippen molar-refractivity contribution >= 4 is 48.1 Å². The van der Waals surface area contributed by atoms with E-state index >= 15 is 0 Å². The molecular weight excluding hydrogens is 400 g/mol. The standard InChI is InChI=1S/C14H18N4O5S3/c1-24(19)18-15-14-10-11(8-9-13(14)17-25(2,20)21)16-26(22,23)12-6-4-3-5-7-12/h3-10,15-18H,1-2H3. The molecule has 26 heavy (non-hydrogen) atoms. The first-order chi connectivity index (χ1) is 12.1. The average Bonchev–Trinajstić information content (AvgIpc) is 2.54. The fourth-order valence-corrected chi connectivity index (χ4v) is 3.84. The largest absolute Gasteiger partial charge is 0.308 e. The Bertz CT molecular complexity index is 1010. The molecule has 0 saturated carbocycles. The van der Waals surface area contributed by atoms with Crippen molar-refractivity contribution in [3.05, 3.63) is 48.5 Å². The molecule has 2 rings (SSSR count). The van der Waals surface area contributed by atoms with Gasteiger partial charge in [0.2, 0.25) is 10.0 Å². The molecule has 2 aromatic carbocycles. The lowest BCUT2D eigenvalue weighted by Crippen LogP contribution is -2.24. The number of hydrogen-bond acceptors (Lipinski definition) is 6. The lowest BCUT2D eigenvalue weighted by atomic mass is 10.2. The molecule has 0 fully saturated rings. The van der Waals surface area contributed by atoms with Crippen LogP contribution in [0.4, 0.5) is 17.1 Å². The Balaban J connectivity index is 2.35. The molecule has 9 nitrogen and oxygen atoms in total. The van der Waals surface area contributed by atoms with Crippen molar-refractivity contribution in [2.75, 3.05) is 27.4 Å². The summed E-state index contributed by atoms with van der Waals surface area (Å²) < 4.78 is 63.6. The first kappa shape index (κ1) is 20.2. The number of hydrogen-bond donors (Lipinski definition) is 4. The zero-order valence-corrected chi connectivity index (χ0v) is 16.3. The van der Waals surface area contributed by atoms with Crippen molar-refractivity contribution in [2.24, 2.45) is 0 Å². The van der Waals surface area contributed by atoms with E-state index in [4.69, 9.17) is 0 Å². The van der Waals surface area contributed by atoms with E-state index in [1.807, 2.05) is 0 Å². The van der Waals surface area contributed by atoms with Gasteiger partial charge in [-0.05, 0) is 30.3 Å². The molecule has 0 heterocycles. The minimum atomic E-state index is -3.81. The Hall–Kier alpha value is -2.15. The van der Waals surface area contributed by atoms with Gasteiger partial charge in [0.15, 0.2) is 0 Å². The monoisotopic (exact) mass is 418 g/mol. The molecule has 142 valence electrons. The molecule has 4 N–H and O–H groups in total. The molecule has 0 amide bonds. The molecule has 1 unspecified atom stereocenters. The smallest absolute Gasteiger partial charge is 0.261 e. The normalized spacial score (nSPS) is 13.0. The first-order valence-corrected chi connectivity index (χ1v) is 12.0. The highest BCUT2D eigenvalue weighted by Crippen LogP contribution is 2.27. The van der Waals surface area contributed by atoms with Crippen LogP contribution in [0.2, 0.25) is 0 Å². The Morgan fingerprint density at radius 1 is 0.885 bits per heavy atom. The highest BCUT2D eigenvalue weighted by atomic mass is 32.2. The molecule has 0 radical (unpaired) electrons. The van der Waals surface area contributed by atoms with Gasteiger partial charge in [-0.1, -0.05) is 18.2 Å². The maximum atomic E-state index is 12.4. The minimum Gasteiger partial charge on any atom is -0.308 e.